The first-order valence-corrected chi connectivity index (χ1v) is 31.1. The molecule has 0 aromatic carbocycles. The average molecular weight is 1220 g/mol. The van der Waals surface area contributed by atoms with Crippen molar-refractivity contribution in [2.75, 3.05) is 105 Å². The van der Waals surface area contributed by atoms with Crippen LogP contribution in [0.25, 0.3) is 0 Å². The van der Waals surface area contributed by atoms with Gasteiger partial charge in [-0.2, -0.15) is 0 Å². The molecule has 0 unspecified atom stereocenters. The predicted molar refractivity (Wildman–Crippen MR) is 317 cm³/mol. The van der Waals surface area contributed by atoms with Crippen molar-refractivity contribution in [1.82, 2.24) is 68.3 Å². The molecule has 0 aromatic rings. The molecule has 0 radical (unpaired) electrons. The highest BCUT2D eigenvalue weighted by atomic mass is 32.2. The fraction of sp³-hybridized carbons (Fsp3) is 0.709. The molecule has 472 valence electrons. The normalized spacial score (nSPS) is 21.2. The van der Waals surface area contributed by atoms with E-state index in [9.17, 15) is 57.5 Å². The Hall–Kier alpha value is -5.98. The Kier molecular flexibility index (Phi) is 35.4. The number of carbonyl (C=O) groups is 12. The van der Waals surface area contributed by atoms with Crippen LogP contribution in [0, 0.1) is 0 Å². The Morgan fingerprint density at radius 3 is 1.21 bits per heavy atom. The number of carbonyl (C=O) groups excluding carboxylic acids is 12. The van der Waals surface area contributed by atoms with E-state index in [0.717, 1.165) is 21.6 Å². The van der Waals surface area contributed by atoms with Crippen molar-refractivity contribution >= 4 is 94.4 Å². The van der Waals surface area contributed by atoms with Gasteiger partial charge in [0.25, 0.3) is 23.6 Å². The summed E-state index contributed by atoms with van der Waals surface area (Å²) in [5, 5.41) is 31.0. The second-order valence-corrected chi connectivity index (χ2v) is 22.7. The van der Waals surface area contributed by atoms with Crippen molar-refractivity contribution in [2.24, 2.45) is 0 Å². The van der Waals surface area contributed by atoms with E-state index in [-0.39, 0.29) is 101 Å². The van der Waals surface area contributed by atoms with Crippen molar-refractivity contribution in [2.45, 2.75) is 146 Å². The van der Waals surface area contributed by atoms with E-state index < -0.39 is 95.3 Å². The van der Waals surface area contributed by atoms with Crippen LogP contribution < -0.4 is 58.5 Å². The van der Waals surface area contributed by atoms with Crippen molar-refractivity contribution in [1.29, 1.82) is 0 Å². The summed E-state index contributed by atoms with van der Waals surface area (Å²) in [5.41, 5.74) is 0. The van der Waals surface area contributed by atoms with Crippen LogP contribution in [0.2, 0.25) is 0 Å². The summed E-state index contributed by atoms with van der Waals surface area (Å²) in [6.45, 7) is 5.50. The van der Waals surface area contributed by atoms with E-state index in [1.165, 1.54) is 37.8 Å². The van der Waals surface area contributed by atoms with Gasteiger partial charge < -0.3 is 68.0 Å². The molecule has 3 heterocycles. The third-order valence-electron chi connectivity index (χ3n) is 13.7. The molecule has 0 aliphatic carbocycles. The highest BCUT2D eigenvalue weighted by Gasteiger charge is 2.35. The molecule has 1 fully saturated rings. The molecule has 0 saturated carbocycles. The van der Waals surface area contributed by atoms with Crippen LogP contribution in [0.5, 0.6) is 0 Å². The van der Waals surface area contributed by atoms with Gasteiger partial charge in [0.05, 0.1) is 49.3 Å². The zero-order valence-electron chi connectivity index (χ0n) is 49.6. The Balaban J connectivity index is 1.53. The van der Waals surface area contributed by atoms with E-state index in [0.29, 0.717) is 94.5 Å². The van der Waals surface area contributed by atoms with E-state index in [2.05, 4.69) is 58.5 Å². The van der Waals surface area contributed by atoms with Gasteiger partial charge in [0.1, 0.15) is 36.3 Å². The number of imide groups is 2. The van der Waals surface area contributed by atoms with Crippen LogP contribution in [0.3, 0.4) is 0 Å². The van der Waals surface area contributed by atoms with Crippen LogP contribution in [0.1, 0.15) is 110 Å². The number of hydrogen-bond donors (Lipinski definition) is 11. The molecular formula is C55H91N13O14S2. The summed E-state index contributed by atoms with van der Waals surface area (Å²) in [4.78, 5) is 161. The molecule has 0 aromatic heterocycles. The lowest BCUT2D eigenvalue weighted by atomic mass is 10.0. The first-order chi connectivity index (χ1) is 40.3. The van der Waals surface area contributed by atoms with Crippen molar-refractivity contribution < 1.29 is 67.0 Å². The Morgan fingerprint density at radius 2 is 0.821 bits per heavy atom. The number of ether oxygens (including phenoxy) is 2. The maximum absolute atomic E-state index is 14.3. The number of amides is 12. The number of thioether (sulfide) groups is 2. The Labute approximate surface area is 501 Å². The van der Waals surface area contributed by atoms with Gasteiger partial charge in [0.2, 0.25) is 47.3 Å². The fourth-order valence-electron chi connectivity index (χ4n) is 8.74. The summed E-state index contributed by atoms with van der Waals surface area (Å²) in [6, 6.07) is -6.69. The molecule has 27 nitrogen and oxygen atoms in total. The standard InChI is InChI=1S/C55H91N13O14S2/c1-36-48(73)63-38(16-7-11-22-56-3)50(75)61-37(2)49(74)64-40(18-9-13-24-58-5)52(77)66-41(53(78)65-39(51(76)62-36)17-8-12-23-57-4)19-10-14-25-60-45(70)21-33-84-43-35-47(72)68(55(43)80)27-29-82-31-30-81-28-26-67-46(71)34-42(54(67)79)83-32-15-20-44(69)59-6/h34-41,56-58H,7-33H2,1-6H3,(H,59,69)(H,60,70)(H,61,75)(H,62,76)(H,63,73)(H,64,74)(H,65,78)(H,66,77)/t36-,37-,38+,39+,40+,41-/m1/s1. The number of hydrogen-bond acceptors (Lipinski definition) is 19. The largest absolute Gasteiger partial charge is 0.377 e. The van der Waals surface area contributed by atoms with Crippen molar-refractivity contribution in [3.63, 3.8) is 0 Å². The van der Waals surface area contributed by atoms with Gasteiger partial charge in [-0.05, 0) is 144 Å². The molecule has 11 N–H and O–H groups in total. The number of unbranched alkanes of at least 4 members (excludes halogenated alkanes) is 4. The minimum Gasteiger partial charge on any atom is -0.377 e. The molecule has 3 aliphatic rings. The minimum absolute atomic E-state index is 0.0180. The molecule has 3 aliphatic heterocycles. The van der Waals surface area contributed by atoms with E-state index >= 15 is 0 Å². The predicted octanol–water partition coefficient (Wildman–Crippen LogP) is -1.67. The van der Waals surface area contributed by atoms with Crippen LogP contribution in [0.4, 0.5) is 0 Å². The third-order valence-corrected chi connectivity index (χ3v) is 15.8. The maximum atomic E-state index is 14.3. The Morgan fingerprint density at radius 1 is 0.452 bits per heavy atom. The summed E-state index contributed by atoms with van der Waals surface area (Å²) < 4.78 is 11.1. The lowest BCUT2D eigenvalue weighted by Gasteiger charge is -2.28. The molecule has 0 bridgehead atoms. The quantitative estimate of drug-likeness (QED) is 0.0243. The van der Waals surface area contributed by atoms with Gasteiger partial charge in [-0.15, -0.1) is 23.5 Å². The molecule has 12 amide bonds. The molecule has 6 atom stereocenters. The molecule has 84 heavy (non-hydrogen) atoms. The van der Waals surface area contributed by atoms with Gasteiger partial charge in [-0.25, -0.2) is 0 Å². The first kappa shape index (κ1) is 72.3. The summed E-state index contributed by atoms with van der Waals surface area (Å²) >= 11 is 2.29. The molecule has 29 heteroatoms. The number of nitrogens with zero attached hydrogens (tertiary/aromatic N) is 2. The van der Waals surface area contributed by atoms with E-state index in [1.807, 2.05) is 0 Å². The molecule has 3 rings (SSSR count). The van der Waals surface area contributed by atoms with Crippen LogP contribution in [0.15, 0.2) is 22.0 Å². The highest BCUT2D eigenvalue weighted by Crippen LogP contribution is 2.26. The van der Waals surface area contributed by atoms with Gasteiger partial charge >= 0.3 is 0 Å². The fourth-order valence-corrected chi connectivity index (χ4v) is 10.6. The maximum Gasteiger partial charge on any atom is 0.267 e. The zero-order valence-corrected chi connectivity index (χ0v) is 51.3. The van der Waals surface area contributed by atoms with Gasteiger partial charge in [-0.1, -0.05) is 0 Å². The lowest BCUT2D eigenvalue weighted by Crippen LogP contribution is -2.60. The third kappa shape index (κ3) is 26.9. The van der Waals surface area contributed by atoms with Crippen molar-refractivity contribution in [3.8, 4) is 0 Å². The average Bonchev–Trinajstić information content (AvgIpc) is 4.03. The zero-order chi connectivity index (χ0) is 61.8. The number of nitrogens with one attached hydrogen (secondary N) is 11. The van der Waals surface area contributed by atoms with Crippen LogP contribution in [-0.4, -0.2) is 222 Å². The summed E-state index contributed by atoms with van der Waals surface area (Å²) in [5.74, 6) is -5.42. The summed E-state index contributed by atoms with van der Waals surface area (Å²) in [6.07, 6.45) is 8.47. The topological polar surface area (TPSA) is 362 Å². The Bertz CT molecular complexity index is 2280. The molecule has 0 spiro atoms. The van der Waals surface area contributed by atoms with Crippen LogP contribution in [-0.2, 0) is 67.0 Å². The monoisotopic (exact) mass is 1220 g/mol. The minimum atomic E-state index is -1.19. The SMILES string of the molecule is CNCCCC[C@@H]1NC(=O)[C@@H](C)NC(=O)[C@H](CCCCNC)NC(=O)[C@@H](CCCCNC(=O)CCSC2=CC(=O)N(CCOCCOCCN3C(=O)C=C(SCCCC(=O)NC)C3=O)C2=O)NC(=O)[C@H](CCCCNC)NC(=O)[C@@H](C)NC1=O. The van der Waals surface area contributed by atoms with E-state index in [1.54, 1.807) is 28.2 Å². The lowest BCUT2D eigenvalue weighted by molar-refractivity contribution is -0.139. The molecular weight excluding hydrogens is 1130 g/mol. The second-order valence-electron chi connectivity index (χ2n) is 20.4. The van der Waals surface area contributed by atoms with Gasteiger partial charge in [-0.3, -0.25) is 67.3 Å². The molecule has 1 saturated heterocycles. The van der Waals surface area contributed by atoms with Crippen LogP contribution >= 0.6 is 23.5 Å². The van der Waals surface area contributed by atoms with Gasteiger partial charge in [0.15, 0.2) is 0 Å². The first-order valence-electron chi connectivity index (χ1n) is 29.1. The van der Waals surface area contributed by atoms with Crippen molar-refractivity contribution in [3.05, 3.63) is 22.0 Å². The van der Waals surface area contributed by atoms with E-state index in [4.69, 9.17) is 9.47 Å². The second kappa shape index (κ2) is 41.1. The summed E-state index contributed by atoms with van der Waals surface area (Å²) in [7, 11) is 6.93. The highest BCUT2D eigenvalue weighted by molar-refractivity contribution is 8.04. The number of rotatable bonds is 38. The van der Waals surface area contributed by atoms with Gasteiger partial charge in [0, 0.05) is 44.3 Å². The smallest absolute Gasteiger partial charge is 0.267 e.